The van der Waals surface area contributed by atoms with Gasteiger partial charge in [0, 0.05) is 15.5 Å². The van der Waals surface area contributed by atoms with Crippen molar-refractivity contribution in [2.45, 2.75) is 46.6 Å². The van der Waals surface area contributed by atoms with Gasteiger partial charge < -0.3 is 10.6 Å². The summed E-state index contributed by atoms with van der Waals surface area (Å²) in [5.74, 6) is -0.0803. The predicted octanol–water partition coefficient (Wildman–Crippen LogP) is 8.12. The Morgan fingerprint density at radius 1 is 1.02 bits per heavy atom. The van der Waals surface area contributed by atoms with Crippen molar-refractivity contribution in [1.82, 2.24) is 4.98 Å². The second-order valence-corrected chi connectivity index (χ2v) is 13.2. The fourth-order valence-corrected chi connectivity index (χ4v) is 8.05. The number of nitrogens with one attached hydrogen (secondary N) is 2. The highest BCUT2D eigenvalue weighted by molar-refractivity contribution is 8.00. The Balaban J connectivity index is 1.16. The molecule has 6 rings (SSSR count). The first-order valence-corrected chi connectivity index (χ1v) is 15.7. The highest BCUT2D eigenvalue weighted by Gasteiger charge is 2.36. The lowest BCUT2D eigenvalue weighted by Gasteiger charge is -2.40. The summed E-state index contributed by atoms with van der Waals surface area (Å²) in [4.78, 5) is 35.2. The number of fused-ring (bicyclic) bond motifs is 3. The van der Waals surface area contributed by atoms with Crippen molar-refractivity contribution in [3.63, 3.8) is 0 Å². The van der Waals surface area contributed by atoms with Crippen molar-refractivity contribution in [2.75, 3.05) is 15.5 Å². The number of carbonyl (C=O) groups is 2. The molecule has 4 aromatic rings. The van der Waals surface area contributed by atoms with E-state index >= 15 is 0 Å². The van der Waals surface area contributed by atoms with Gasteiger partial charge in [0.15, 0.2) is 5.13 Å². The number of rotatable bonds is 6. The summed E-state index contributed by atoms with van der Waals surface area (Å²) in [6.45, 7) is 4.04. The third-order valence-corrected chi connectivity index (χ3v) is 10.4. The maximum atomic E-state index is 13.7. The maximum absolute atomic E-state index is 13.7. The van der Waals surface area contributed by atoms with E-state index in [9.17, 15) is 9.59 Å². The van der Waals surface area contributed by atoms with E-state index in [1.165, 1.54) is 28.7 Å². The first-order valence-electron chi connectivity index (χ1n) is 13.1. The Hall–Kier alpha value is -3.53. The number of nitrogens with zero attached hydrogens (tertiary/aromatic N) is 2. The minimum atomic E-state index is -0.300. The van der Waals surface area contributed by atoms with Crippen molar-refractivity contribution in [3.05, 3.63) is 96.6 Å². The van der Waals surface area contributed by atoms with Gasteiger partial charge in [-0.05, 0) is 61.4 Å². The van der Waals surface area contributed by atoms with Crippen LogP contribution in [0.4, 0.5) is 21.3 Å². The molecule has 2 aliphatic rings. The number of anilines is 3. The van der Waals surface area contributed by atoms with Crippen LogP contribution in [-0.4, -0.2) is 33.5 Å². The summed E-state index contributed by atoms with van der Waals surface area (Å²) in [5, 5.41) is 6.58. The monoisotopic (exact) mass is 584 g/mol. The second kappa shape index (κ2) is 11.5. The highest BCUT2D eigenvalue weighted by atomic mass is 32.2. The summed E-state index contributed by atoms with van der Waals surface area (Å²) >= 11 is 4.75. The standard InChI is InChI=1S/C31H28N4O2S3/c1-3-25(29(36)34-30-33-22-16-15-19(2)17-28(22)40-30)38-21-10-8-9-20(18-21)32-31(37)35-23-11-4-6-13-26(23)39-27-14-7-5-12-24(27)35/h4-18,23,25-26H,3H2,1-2H3,(H,32,37)(H,33,34,36). The minimum Gasteiger partial charge on any atom is -0.307 e. The van der Waals surface area contributed by atoms with Gasteiger partial charge in [-0.15, -0.1) is 23.5 Å². The van der Waals surface area contributed by atoms with E-state index in [2.05, 4.69) is 39.9 Å². The number of aromatic nitrogens is 1. The van der Waals surface area contributed by atoms with Crippen LogP contribution in [0.25, 0.3) is 10.2 Å². The van der Waals surface area contributed by atoms with Crippen molar-refractivity contribution in [2.24, 2.45) is 0 Å². The topological polar surface area (TPSA) is 74.3 Å². The van der Waals surface area contributed by atoms with Crippen LogP contribution in [-0.2, 0) is 4.79 Å². The van der Waals surface area contributed by atoms with E-state index in [0.717, 1.165) is 25.7 Å². The van der Waals surface area contributed by atoms with Gasteiger partial charge in [0.2, 0.25) is 5.91 Å². The molecule has 3 amide bonds. The highest BCUT2D eigenvalue weighted by Crippen LogP contribution is 2.43. The Morgan fingerprint density at radius 2 is 1.88 bits per heavy atom. The lowest BCUT2D eigenvalue weighted by atomic mass is 10.1. The van der Waals surface area contributed by atoms with Crippen LogP contribution in [0.3, 0.4) is 0 Å². The number of hydrogen-bond donors (Lipinski definition) is 2. The van der Waals surface area contributed by atoms with Gasteiger partial charge >= 0.3 is 6.03 Å². The molecule has 2 N–H and O–H groups in total. The van der Waals surface area contributed by atoms with Gasteiger partial charge in [0.25, 0.3) is 0 Å². The van der Waals surface area contributed by atoms with Crippen LogP contribution in [0.15, 0.2) is 101 Å². The number of aryl methyl sites for hydroxylation is 1. The molecular formula is C31H28N4O2S3. The van der Waals surface area contributed by atoms with Crippen LogP contribution in [0.2, 0.25) is 0 Å². The van der Waals surface area contributed by atoms with Gasteiger partial charge in [-0.2, -0.15) is 0 Å². The molecular weight excluding hydrogens is 557 g/mol. The third-order valence-electron chi connectivity index (χ3n) is 6.76. The Kier molecular flexibility index (Phi) is 7.69. The zero-order valence-electron chi connectivity index (χ0n) is 22.0. The molecule has 0 saturated heterocycles. The predicted molar refractivity (Wildman–Crippen MR) is 169 cm³/mol. The average molecular weight is 585 g/mol. The van der Waals surface area contributed by atoms with E-state index in [1.54, 1.807) is 11.8 Å². The number of amides is 3. The molecule has 0 fully saturated rings. The van der Waals surface area contributed by atoms with E-state index in [4.69, 9.17) is 0 Å². The summed E-state index contributed by atoms with van der Waals surface area (Å²) in [5.41, 5.74) is 3.65. The van der Waals surface area contributed by atoms with Crippen molar-refractivity contribution in [3.8, 4) is 0 Å². The quantitative estimate of drug-likeness (QED) is 0.224. The molecule has 6 nitrogen and oxygen atoms in total. The molecule has 3 atom stereocenters. The maximum Gasteiger partial charge on any atom is 0.326 e. The molecule has 40 heavy (non-hydrogen) atoms. The zero-order chi connectivity index (χ0) is 27.6. The molecule has 1 aromatic heterocycles. The van der Waals surface area contributed by atoms with Gasteiger partial charge in [-0.1, -0.05) is 66.8 Å². The minimum absolute atomic E-state index is 0.0675. The van der Waals surface area contributed by atoms with Crippen LogP contribution in [0.1, 0.15) is 18.9 Å². The van der Waals surface area contributed by atoms with Gasteiger partial charge in [0.05, 0.1) is 32.4 Å². The van der Waals surface area contributed by atoms with Crippen LogP contribution in [0, 0.1) is 6.92 Å². The number of benzene rings is 3. The Bertz CT molecular complexity index is 1650. The molecule has 202 valence electrons. The van der Waals surface area contributed by atoms with E-state index in [0.29, 0.717) is 17.2 Å². The molecule has 1 aliphatic heterocycles. The van der Waals surface area contributed by atoms with E-state index in [-0.39, 0.29) is 28.5 Å². The average Bonchev–Trinajstić information content (AvgIpc) is 3.35. The SMILES string of the molecule is CCC(Sc1cccc(NC(=O)N2c3ccccc3SC3C=CC=CC32)c1)C(=O)Nc1nc2ccc(C)cc2s1. The Labute approximate surface area is 246 Å². The van der Waals surface area contributed by atoms with Crippen molar-refractivity contribution >= 4 is 73.5 Å². The fraction of sp³-hybridized carbons (Fsp3) is 0.194. The summed E-state index contributed by atoms with van der Waals surface area (Å²) in [7, 11) is 0. The number of carbonyl (C=O) groups excluding carboxylic acids is 2. The van der Waals surface area contributed by atoms with Crippen molar-refractivity contribution < 1.29 is 9.59 Å². The molecule has 0 saturated carbocycles. The van der Waals surface area contributed by atoms with Gasteiger partial charge in [-0.3, -0.25) is 9.69 Å². The van der Waals surface area contributed by atoms with Crippen LogP contribution >= 0.6 is 34.9 Å². The van der Waals surface area contributed by atoms with Gasteiger partial charge in [-0.25, -0.2) is 9.78 Å². The van der Waals surface area contributed by atoms with Crippen LogP contribution < -0.4 is 15.5 Å². The molecule has 1 aliphatic carbocycles. The molecule has 0 radical (unpaired) electrons. The fourth-order valence-electron chi connectivity index (χ4n) is 4.81. The molecule has 3 aromatic carbocycles. The number of urea groups is 1. The summed E-state index contributed by atoms with van der Waals surface area (Å²) in [6, 6.07) is 21.5. The van der Waals surface area contributed by atoms with E-state index in [1.807, 2.05) is 85.5 Å². The van der Waals surface area contributed by atoms with Gasteiger partial charge in [0.1, 0.15) is 0 Å². The largest absolute Gasteiger partial charge is 0.326 e. The summed E-state index contributed by atoms with van der Waals surface area (Å²) in [6.07, 6.45) is 8.92. The Morgan fingerprint density at radius 3 is 2.75 bits per heavy atom. The number of allylic oxidation sites excluding steroid dienone is 2. The smallest absolute Gasteiger partial charge is 0.307 e. The first-order chi connectivity index (χ1) is 19.5. The lowest BCUT2D eigenvalue weighted by molar-refractivity contribution is -0.115. The molecule has 0 bridgehead atoms. The number of thiazole rings is 1. The van der Waals surface area contributed by atoms with E-state index < -0.39 is 0 Å². The molecule has 9 heteroatoms. The first kappa shape index (κ1) is 26.7. The number of thioether (sulfide) groups is 2. The number of hydrogen-bond acceptors (Lipinski definition) is 6. The molecule has 2 heterocycles. The third kappa shape index (κ3) is 5.54. The lowest BCUT2D eigenvalue weighted by Crippen LogP contribution is -2.49. The second-order valence-electron chi connectivity index (χ2n) is 9.63. The number of para-hydroxylation sites is 1. The molecule has 3 unspecified atom stereocenters. The van der Waals surface area contributed by atoms with Crippen molar-refractivity contribution in [1.29, 1.82) is 0 Å². The zero-order valence-corrected chi connectivity index (χ0v) is 24.5. The van der Waals surface area contributed by atoms with Crippen LogP contribution in [0.5, 0.6) is 0 Å². The normalized spacial score (nSPS) is 18.2. The summed E-state index contributed by atoms with van der Waals surface area (Å²) < 4.78 is 1.06. The molecule has 0 spiro atoms.